The first-order valence-electron chi connectivity index (χ1n) is 4.34. The number of halogens is 1. The number of H-pyrrole nitrogens is 1. The van der Waals surface area contributed by atoms with E-state index in [1.807, 2.05) is 0 Å². The van der Waals surface area contributed by atoms with Crippen molar-refractivity contribution >= 4 is 0 Å². The van der Waals surface area contributed by atoms with Crippen molar-refractivity contribution in [3.05, 3.63) is 52.7 Å². The first-order valence-corrected chi connectivity index (χ1v) is 4.34. The molecule has 0 unspecified atom stereocenters. The molecule has 1 aromatic heterocycles. The number of nitrogens with one attached hydrogen (secondary N) is 1. The third kappa shape index (κ3) is 1.88. The van der Waals surface area contributed by atoms with E-state index in [1.165, 1.54) is 12.1 Å². The first-order chi connectivity index (χ1) is 7.16. The number of rotatable bonds is 1. The van der Waals surface area contributed by atoms with E-state index >= 15 is 0 Å². The third-order valence-corrected chi connectivity index (χ3v) is 2.03. The summed E-state index contributed by atoms with van der Waals surface area (Å²) in [5.74, 6) is -0.493. The zero-order valence-electron chi connectivity index (χ0n) is 7.70. The van der Waals surface area contributed by atoms with Crippen LogP contribution < -0.4 is 5.56 Å². The van der Waals surface area contributed by atoms with Crippen LogP contribution in [0.15, 0.2) is 41.3 Å². The highest BCUT2D eigenvalue weighted by molar-refractivity contribution is 5.64. The Hall–Kier alpha value is -2.10. The Bertz CT molecular complexity index is 548. The Balaban J connectivity index is 2.63. The van der Waals surface area contributed by atoms with Gasteiger partial charge in [-0.3, -0.25) is 4.79 Å². The third-order valence-electron chi connectivity index (χ3n) is 2.03. The maximum Gasteiger partial charge on any atom is 0.248 e. The monoisotopic (exact) mass is 205 g/mol. The van der Waals surface area contributed by atoms with E-state index in [0.717, 1.165) is 12.3 Å². The maximum atomic E-state index is 13.3. The van der Waals surface area contributed by atoms with Crippen molar-refractivity contribution in [1.82, 2.24) is 4.98 Å². The lowest BCUT2D eigenvalue weighted by atomic mass is 10.1. The number of benzene rings is 1. The predicted molar refractivity (Wildman–Crippen MR) is 54.1 cm³/mol. The molecule has 1 aromatic carbocycles. The van der Waals surface area contributed by atoms with Gasteiger partial charge in [0.2, 0.25) is 5.56 Å². The minimum absolute atomic E-state index is 0.0344. The Morgan fingerprint density at radius 2 is 2.07 bits per heavy atom. The lowest BCUT2D eigenvalue weighted by Crippen LogP contribution is -2.04. The normalized spacial score (nSPS) is 10.2. The zero-order valence-corrected chi connectivity index (χ0v) is 7.70. The van der Waals surface area contributed by atoms with Gasteiger partial charge in [-0.1, -0.05) is 12.1 Å². The highest BCUT2D eigenvalue weighted by atomic mass is 19.1. The summed E-state index contributed by atoms with van der Waals surface area (Å²) >= 11 is 0. The summed E-state index contributed by atoms with van der Waals surface area (Å²) in [5.41, 5.74) is 0.267. The minimum atomic E-state index is -0.528. The summed E-state index contributed by atoms with van der Waals surface area (Å²) < 4.78 is 13.3. The number of hydrogen-bond donors (Lipinski definition) is 2. The van der Waals surface area contributed by atoms with Crippen LogP contribution in [-0.2, 0) is 0 Å². The van der Waals surface area contributed by atoms with Crippen LogP contribution in [0.4, 0.5) is 4.39 Å². The van der Waals surface area contributed by atoms with Crippen LogP contribution in [0.5, 0.6) is 5.75 Å². The second-order valence-corrected chi connectivity index (χ2v) is 3.11. The van der Waals surface area contributed by atoms with Crippen molar-refractivity contribution in [3.8, 4) is 16.9 Å². The summed E-state index contributed by atoms with van der Waals surface area (Å²) in [6.45, 7) is 0. The molecular formula is C11H8FNO2. The number of aromatic amines is 1. The lowest BCUT2D eigenvalue weighted by Gasteiger charge is -2.02. The highest BCUT2D eigenvalue weighted by Gasteiger charge is 2.05. The van der Waals surface area contributed by atoms with Crippen LogP contribution in [0.25, 0.3) is 11.1 Å². The number of phenolic OH excluding ortho intramolecular Hbond substituents is 1. The number of phenols is 1. The topological polar surface area (TPSA) is 53.1 Å². The highest BCUT2D eigenvalue weighted by Crippen LogP contribution is 2.23. The Labute approximate surface area is 84.8 Å². The fourth-order valence-electron chi connectivity index (χ4n) is 1.35. The van der Waals surface area contributed by atoms with E-state index in [4.69, 9.17) is 0 Å². The molecule has 15 heavy (non-hydrogen) atoms. The Kier molecular flexibility index (Phi) is 2.25. The molecule has 76 valence electrons. The van der Waals surface area contributed by atoms with Crippen molar-refractivity contribution in [2.24, 2.45) is 0 Å². The molecule has 2 rings (SSSR count). The average Bonchev–Trinajstić information content (AvgIpc) is 2.22. The van der Waals surface area contributed by atoms with Gasteiger partial charge in [-0.2, -0.15) is 0 Å². The predicted octanol–water partition coefficient (Wildman–Crippen LogP) is 1.89. The van der Waals surface area contributed by atoms with Crippen molar-refractivity contribution in [2.75, 3.05) is 0 Å². The molecular weight excluding hydrogens is 197 g/mol. The van der Waals surface area contributed by atoms with Gasteiger partial charge in [0.1, 0.15) is 11.6 Å². The minimum Gasteiger partial charge on any atom is -0.508 e. The Morgan fingerprint density at radius 3 is 2.80 bits per heavy atom. The van der Waals surface area contributed by atoms with Crippen LogP contribution in [0.1, 0.15) is 0 Å². The molecule has 0 aliphatic rings. The van der Waals surface area contributed by atoms with Gasteiger partial charge in [0, 0.05) is 17.8 Å². The van der Waals surface area contributed by atoms with Crippen molar-refractivity contribution in [1.29, 1.82) is 0 Å². The van der Waals surface area contributed by atoms with Gasteiger partial charge in [-0.05, 0) is 17.7 Å². The summed E-state index contributed by atoms with van der Waals surface area (Å²) in [6, 6.07) is 7.25. The van der Waals surface area contributed by atoms with E-state index in [-0.39, 0.29) is 16.9 Å². The SMILES string of the molecule is O=c1cc(-c2cccc(O)c2)c(F)c[nH]1. The summed E-state index contributed by atoms with van der Waals surface area (Å²) in [6.07, 6.45) is 1.00. The largest absolute Gasteiger partial charge is 0.508 e. The standard InChI is InChI=1S/C11H8FNO2/c12-10-6-13-11(15)5-9(10)7-2-1-3-8(14)4-7/h1-6,14H,(H,13,15). The molecule has 4 heteroatoms. The quantitative estimate of drug-likeness (QED) is 0.746. The molecule has 0 spiro atoms. The number of pyridine rings is 1. The van der Waals surface area contributed by atoms with E-state index in [1.54, 1.807) is 12.1 Å². The molecule has 3 nitrogen and oxygen atoms in total. The zero-order chi connectivity index (χ0) is 10.8. The average molecular weight is 205 g/mol. The molecule has 0 fully saturated rings. The van der Waals surface area contributed by atoms with Crippen LogP contribution in [-0.4, -0.2) is 10.1 Å². The fourth-order valence-corrected chi connectivity index (χ4v) is 1.35. The summed E-state index contributed by atoms with van der Waals surface area (Å²) in [7, 11) is 0. The van der Waals surface area contributed by atoms with E-state index in [9.17, 15) is 14.3 Å². The van der Waals surface area contributed by atoms with Gasteiger partial charge in [-0.15, -0.1) is 0 Å². The molecule has 2 N–H and O–H groups in total. The van der Waals surface area contributed by atoms with Crippen molar-refractivity contribution in [3.63, 3.8) is 0 Å². The molecule has 2 aromatic rings. The number of hydrogen-bond acceptors (Lipinski definition) is 2. The van der Waals surface area contributed by atoms with E-state index < -0.39 is 5.82 Å². The number of aromatic nitrogens is 1. The van der Waals surface area contributed by atoms with Crippen molar-refractivity contribution in [2.45, 2.75) is 0 Å². The van der Waals surface area contributed by atoms with Crippen LogP contribution in [0.3, 0.4) is 0 Å². The summed E-state index contributed by atoms with van der Waals surface area (Å²) in [4.78, 5) is 13.2. The number of aromatic hydroxyl groups is 1. The van der Waals surface area contributed by atoms with Gasteiger partial charge < -0.3 is 10.1 Å². The lowest BCUT2D eigenvalue weighted by molar-refractivity contribution is 0.475. The van der Waals surface area contributed by atoms with Crippen LogP contribution in [0.2, 0.25) is 0 Å². The molecule has 0 atom stereocenters. The molecule has 0 saturated heterocycles. The molecule has 0 saturated carbocycles. The van der Waals surface area contributed by atoms with Gasteiger partial charge in [0.05, 0.1) is 0 Å². The Morgan fingerprint density at radius 1 is 1.27 bits per heavy atom. The first kappa shape index (κ1) is 9.45. The summed E-state index contributed by atoms with van der Waals surface area (Å²) in [5, 5.41) is 9.23. The van der Waals surface area contributed by atoms with Gasteiger partial charge in [0.15, 0.2) is 0 Å². The molecule has 0 amide bonds. The second kappa shape index (κ2) is 3.57. The van der Waals surface area contributed by atoms with Crippen LogP contribution >= 0.6 is 0 Å². The molecule has 0 radical (unpaired) electrons. The van der Waals surface area contributed by atoms with Crippen LogP contribution in [0, 0.1) is 5.82 Å². The molecule has 0 aliphatic carbocycles. The smallest absolute Gasteiger partial charge is 0.248 e. The molecule has 0 aliphatic heterocycles. The fraction of sp³-hybridized carbons (Fsp3) is 0. The molecule has 0 bridgehead atoms. The second-order valence-electron chi connectivity index (χ2n) is 3.11. The maximum absolute atomic E-state index is 13.3. The molecule has 1 heterocycles. The van der Waals surface area contributed by atoms with Gasteiger partial charge in [0.25, 0.3) is 0 Å². The van der Waals surface area contributed by atoms with Crippen molar-refractivity contribution < 1.29 is 9.50 Å². The van der Waals surface area contributed by atoms with Gasteiger partial charge in [-0.25, -0.2) is 4.39 Å². The van der Waals surface area contributed by atoms with E-state index in [2.05, 4.69) is 4.98 Å². The van der Waals surface area contributed by atoms with Gasteiger partial charge >= 0.3 is 0 Å². The van der Waals surface area contributed by atoms with E-state index in [0.29, 0.717) is 5.56 Å².